The maximum Gasteiger partial charge on any atom is 0.241 e. The number of benzene rings is 1. The number of carbonyl (C=O) groups is 1. The number of hydrogen-bond acceptors (Lipinski definition) is 5. The Bertz CT molecular complexity index is 928. The lowest BCUT2D eigenvalue weighted by Gasteiger charge is -2.45. The highest BCUT2D eigenvalue weighted by Crippen LogP contribution is 2.54. The van der Waals surface area contributed by atoms with E-state index in [1.54, 1.807) is 6.92 Å². The number of allylic oxidation sites excluding steroid dienone is 2. The Morgan fingerprint density at radius 1 is 1.45 bits per heavy atom. The Hall–Kier alpha value is -2.26. The van der Waals surface area contributed by atoms with Crippen LogP contribution in [-0.2, 0) is 9.53 Å². The average Bonchev–Trinajstić information content (AvgIpc) is 3.04. The van der Waals surface area contributed by atoms with Gasteiger partial charge in [-0.15, -0.1) is 0 Å². The summed E-state index contributed by atoms with van der Waals surface area (Å²) in [6.07, 6.45) is 1.75. The molecular weight excluding hydrogens is 403 g/mol. The van der Waals surface area contributed by atoms with E-state index in [0.717, 1.165) is 30.0 Å². The van der Waals surface area contributed by atoms with Gasteiger partial charge in [0.05, 0.1) is 18.2 Å². The van der Waals surface area contributed by atoms with E-state index in [-0.39, 0.29) is 23.1 Å². The minimum atomic E-state index is -1.17. The first kappa shape index (κ1) is 21.4. The van der Waals surface area contributed by atoms with Crippen molar-refractivity contribution in [1.29, 1.82) is 0 Å². The highest BCUT2D eigenvalue weighted by atomic mass is 32.2. The summed E-state index contributed by atoms with van der Waals surface area (Å²) in [7, 11) is 0. The highest BCUT2D eigenvalue weighted by molar-refractivity contribution is 8.16. The van der Waals surface area contributed by atoms with Crippen molar-refractivity contribution in [2.24, 2.45) is 16.8 Å². The Kier molecular flexibility index (Phi) is 6.09. The second kappa shape index (κ2) is 8.23. The summed E-state index contributed by atoms with van der Waals surface area (Å²) < 4.78 is 47.9. The van der Waals surface area contributed by atoms with Gasteiger partial charge in [-0.05, 0) is 51.1 Å². The van der Waals surface area contributed by atoms with Crippen molar-refractivity contribution in [3.05, 3.63) is 58.6 Å². The number of hydrogen-bond donors (Lipinski definition) is 1. The molecule has 0 unspecified atom stereocenters. The van der Waals surface area contributed by atoms with Crippen LogP contribution in [0.3, 0.4) is 0 Å². The topological polar surface area (TPSA) is 67.9 Å². The zero-order valence-electron chi connectivity index (χ0n) is 16.3. The molecule has 1 amide bonds. The van der Waals surface area contributed by atoms with Crippen molar-refractivity contribution < 1.29 is 22.7 Å². The van der Waals surface area contributed by atoms with Gasteiger partial charge < -0.3 is 10.5 Å². The summed E-state index contributed by atoms with van der Waals surface area (Å²) in [6.45, 7) is 4.82. The number of amides is 1. The van der Waals surface area contributed by atoms with Gasteiger partial charge in [-0.25, -0.2) is 18.2 Å². The molecule has 0 aromatic heterocycles. The Labute approximate surface area is 171 Å². The molecule has 2 heterocycles. The molecule has 0 fully saturated rings. The zero-order chi connectivity index (χ0) is 21.3. The molecular formula is C20H22F3N3O2S. The van der Waals surface area contributed by atoms with E-state index in [1.165, 1.54) is 24.9 Å². The summed E-state index contributed by atoms with van der Waals surface area (Å²) >= 11 is 1.09. The predicted octanol–water partition coefficient (Wildman–Crippen LogP) is 4.06. The van der Waals surface area contributed by atoms with Crippen LogP contribution in [0.4, 0.5) is 13.2 Å². The van der Waals surface area contributed by atoms with Gasteiger partial charge in [0.2, 0.25) is 5.91 Å². The number of thioether (sulfide) groups is 1. The summed E-state index contributed by atoms with van der Waals surface area (Å²) in [6, 6.07) is 3.04. The SMILES string of the molecule is CC(=O)N1N=C(c2cc(F)ccc2F)S[C@@]12C(/C=C(\C)F)=C(C)OC[C@H]2CCN. The van der Waals surface area contributed by atoms with E-state index in [0.29, 0.717) is 24.3 Å². The lowest BCUT2D eigenvalue weighted by molar-refractivity contribution is -0.133. The number of halogens is 3. The summed E-state index contributed by atoms with van der Waals surface area (Å²) in [5.41, 5.74) is 6.14. The van der Waals surface area contributed by atoms with E-state index in [2.05, 4.69) is 5.10 Å². The predicted molar refractivity (Wildman–Crippen MR) is 106 cm³/mol. The molecule has 0 aliphatic carbocycles. The molecule has 1 aromatic carbocycles. The molecule has 29 heavy (non-hydrogen) atoms. The minimum absolute atomic E-state index is 0.0610. The fourth-order valence-corrected chi connectivity index (χ4v) is 5.25. The molecule has 0 radical (unpaired) electrons. The Morgan fingerprint density at radius 2 is 2.17 bits per heavy atom. The first-order chi connectivity index (χ1) is 13.7. The van der Waals surface area contributed by atoms with Crippen molar-refractivity contribution in [2.75, 3.05) is 13.2 Å². The van der Waals surface area contributed by atoms with E-state index < -0.39 is 28.2 Å². The molecule has 156 valence electrons. The fraction of sp³-hybridized carbons (Fsp3) is 0.400. The first-order valence-electron chi connectivity index (χ1n) is 9.12. The monoisotopic (exact) mass is 425 g/mol. The number of hydrazone groups is 1. The van der Waals surface area contributed by atoms with Crippen LogP contribution >= 0.6 is 11.8 Å². The summed E-state index contributed by atoms with van der Waals surface area (Å²) in [4.78, 5) is 11.4. The third kappa shape index (κ3) is 3.81. The molecule has 1 aromatic rings. The first-order valence-corrected chi connectivity index (χ1v) is 9.94. The van der Waals surface area contributed by atoms with Gasteiger partial charge in [-0.2, -0.15) is 5.10 Å². The van der Waals surface area contributed by atoms with E-state index in [4.69, 9.17) is 10.5 Å². The van der Waals surface area contributed by atoms with Crippen molar-refractivity contribution in [1.82, 2.24) is 5.01 Å². The smallest absolute Gasteiger partial charge is 0.241 e. The van der Waals surface area contributed by atoms with Gasteiger partial charge >= 0.3 is 0 Å². The van der Waals surface area contributed by atoms with E-state index in [9.17, 15) is 18.0 Å². The second-order valence-electron chi connectivity index (χ2n) is 6.94. The van der Waals surface area contributed by atoms with Crippen LogP contribution < -0.4 is 5.73 Å². The number of nitrogens with two attached hydrogens (primary N) is 1. The molecule has 3 rings (SSSR count). The molecule has 2 aliphatic heterocycles. The van der Waals surface area contributed by atoms with Gasteiger partial charge in [0.25, 0.3) is 0 Å². The van der Waals surface area contributed by atoms with Gasteiger partial charge in [-0.3, -0.25) is 4.79 Å². The van der Waals surface area contributed by atoms with Crippen molar-refractivity contribution in [3.63, 3.8) is 0 Å². The highest BCUT2D eigenvalue weighted by Gasteiger charge is 2.56. The van der Waals surface area contributed by atoms with Crippen LogP contribution in [0.5, 0.6) is 0 Å². The Morgan fingerprint density at radius 3 is 2.79 bits per heavy atom. The molecule has 0 saturated heterocycles. The molecule has 1 spiro atoms. The van der Waals surface area contributed by atoms with Crippen LogP contribution in [0.1, 0.15) is 32.8 Å². The van der Waals surface area contributed by atoms with Crippen LogP contribution in [0.25, 0.3) is 0 Å². The summed E-state index contributed by atoms with van der Waals surface area (Å²) in [5.74, 6) is -2.09. The number of ether oxygens (including phenoxy) is 1. The molecule has 5 nitrogen and oxygen atoms in total. The summed E-state index contributed by atoms with van der Waals surface area (Å²) in [5, 5.41) is 5.69. The van der Waals surface area contributed by atoms with Gasteiger partial charge in [0, 0.05) is 24.0 Å². The van der Waals surface area contributed by atoms with Gasteiger partial charge in [0.15, 0.2) is 4.87 Å². The number of carbonyl (C=O) groups excluding carboxylic acids is 1. The fourth-order valence-electron chi connectivity index (χ4n) is 3.65. The number of rotatable bonds is 4. The molecule has 2 aliphatic rings. The molecule has 0 saturated carbocycles. The largest absolute Gasteiger partial charge is 0.497 e. The molecule has 9 heteroatoms. The molecule has 0 bridgehead atoms. The minimum Gasteiger partial charge on any atom is -0.497 e. The maximum absolute atomic E-state index is 14.4. The maximum atomic E-state index is 14.4. The van der Waals surface area contributed by atoms with Gasteiger partial charge in [-0.1, -0.05) is 11.8 Å². The van der Waals surface area contributed by atoms with Crippen LogP contribution in [0.2, 0.25) is 0 Å². The van der Waals surface area contributed by atoms with Crippen molar-refractivity contribution in [2.45, 2.75) is 32.1 Å². The normalized spacial score (nSPS) is 24.8. The lowest BCUT2D eigenvalue weighted by atomic mass is 9.86. The average molecular weight is 425 g/mol. The van der Waals surface area contributed by atoms with Crippen molar-refractivity contribution >= 4 is 22.7 Å². The zero-order valence-corrected chi connectivity index (χ0v) is 17.2. The van der Waals surface area contributed by atoms with E-state index in [1.807, 2.05) is 0 Å². The standard InChI is InChI=1S/C20H22F3N3O2S/c1-11(21)8-17-12(2)28-10-14(6-7-24)20(17)26(13(3)27)25-19(29-20)16-9-15(22)4-5-18(16)23/h4-5,8-9,14H,6-7,10,24H2,1-3H3/b11-8+/t14-,20+/m1/s1. The Balaban J connectivity index is 2.22. The number of nitrogens with zero attached hydrogens (tertiary/aromatic N) is 2. The quantitative estimate of drug-likeness (QED) is 0.790. The second-order valence-corrected chi connectivity index (χ2v) is 8.16. The third-order valence-corrected chi connectivity index (χ3v) is 6.43. The molecule has 2 atom stereocenters. The molecule has 2 N–H and O–H groups in total. The van der Waals surface area contributed by atoms with Crippen LogP contribution in [-0.4, -0.2) is 34.0 Å². The van der Waals surface area contributed by atoms with Crippen molar-refractivity contribution in [3.8, 4) is 0 Å². The van der Waals surface area contributed by atoms with Crippen LogP contribution in [0, 0.1) is 17.6 Å². The van der Waals surface area contributed by atoms with Crippen LogP contribution in [0.15, 0.2) is 46.5 Å². The van der Waals surface area contributed by atoms with Gasteiger partial charge in [0.1, 0.15) is 16.7 Å². The lowest BCUT2D eigenvalue weighted by Crippen LogP contribution is -2.54. The van der Waals surface area contributed by atoms with E-state index >= 15 is 0 Å². The third-order valence-electron chi connectivity index (χ3n) is 4.89.